The van der Waals surface area contributed by atoms with Gasteiger partial charge in [-0.1, -0.05) is 30.8 Å². The predicted molar refractivity (Wildman–Crippen MR) is 125 cm³/mol. The summed E-state index contributed by atoms with van der Waals surface area (Å²) in [6.45, 7) is 2.46. The van der Waals surface area contributed by atoms with Crippen LogP contribution < -0.4 is 20.3 Å². The lowest BCUT2D eigenvalue weighted by Crippen LogP contribution is -2.23. The van der Waals surface area contributed by atoms with Crippen LogP contribution in [0.1, 0.15) is 13.3 Å². The van der Waals surface area contributed by atoms with Crippen LogP contribution in [-0.2, 0) is 11.3 Å². The Morgan fingerprint density at radius 3 is 2.75 bits per heavy atom. The molecule has 0 saturated heterocycles. The van der Waals surface area contributed by atoms with Crippen LogP contribution in [0.4, 0.5) is 5.69 Å². The van der Waals surface area contributed by atoms with Crippen molar-refractivity contribution in [1.82, 2.24) is 9.55 Å². The summed E-state index contributed by atoms with van der Waals surface area (Å²) >= 11 is 1.21. The molecule has 9 heteroatoms. The number of aromatic nitrogens is 2. The fourth-order valence-corrected chi connectivity index (χ4v) is 4.22. The zero-order valence-electron chi connectivity index (χ0n) is 18.0. The summed E-state index contributed by atoms with van der Waals surface area (Å²) in [6, 6.07) is 12.6. The summed E-state index contributed by atoms with van der Waals surface area (Å²) in [5.74, 6) is 0.956. The van der Waals surface area contributed by atoms with E-state index >= 15 is 0 Å². The third-order valence-corrected chi connectivity index (χ3v) is 5.89. The Morgan fingerprint density at radius 2 is 2.00 bits per heavy atom. The van der Waals surface area contributed by atoms with Crippen LogP contribution in [0.3, 0.4) is 0 Å². The molecule has 2 aromatic heterocycles. The number of hydrogen-bond donors (Lipinski definition) is 1. The number of carbonyl (C=O) groups excluding carboxylic acids is 1. The minimum atomic E-state index is -0.243. The molecule has 0 radical (unpaired) electrons. The number of carbonyl (C=O) groups is 1. The zero-order valence-corrected chi connectivity index (χ0v) is 18.8. The first kappa shape index (κ1) is 21.8. The minimum Gasteiger partial charge on any atom is -0.497 e. The third-order valence-electron chi connectivity index (χ3n) is 4.91. The number of amides is 1. The van der Waals surface area contributed by atoms with Crippen molar-refractivity contribution in [2.24, 2.45) is 0 Å². The summed E-state index contributed by atoms with van der Waals surface area (Å²) < 4.78 is 17.8. The van der Waals surface area contributed by atoms with Gasteiger partial charge < -0.3 is 19.2 Å². The number of thioether (sulfide) groups is 1. The Bertz CT molecular complexity index is 1340. The number of methoxy groups -OCH3 is 2. The van der Waals surface area contributed by atoms with Crippen LogP contribution in [0.15, 0.2) is 56.8 Å². The molecule has 0 aliphatic rings. The maximum Gasteiger partial charge on any atom is 0.297 e. The monoisotopic (exact) mass is 453 g/mol. The average Bonchev–Trinajstić information content (AvgIpc) is 3.19. The topological polar surface area (TPSA) is 95.6 Å². The van der Waals surface area contributed by atoms with E-state index in [9.17, 15) is 9.59 Å². The smallest absolute Gasteiger partial charge is 0.297 e. The number of benzene rings is 2. The van der Waals surface area contributed by atoms with E-state index in [2.05, 4.69) is 10.3 Å². The van der Waals surface area contributed by atoms with Gasteiger partial charge in [0.25, 0.3) is 5.56 Å². The van der Waals surface area contributed by atoms with Crippen molar-refractivity contribution in [2.75, 3.05) is 25.3 Å². The molecule has 0 unspecified atom stereocenters. The van der Waals surface area contributed by atoms with E-state index in [0.717, 1.165) is 11.8 Å². The highest BCUT2D eigenvalue weighted by Crippen LogP contribution is 2.30. The number of rotatable bonds is 8. The molecule has 4 aromatic rings. The Hall–Kier alpha value is -3.46. The van der Waals surface area contributed by atoms with Crippen molar-refractivity contribution < 1.29 is 18.7 Å². The van der Waals surface area contributed by atoms with Crippen LogP contribution >= 0.6 is 11.8 Å². The van der Waals surface area contributed by atoms with Crippen molar-refractivity contribution in [2.45, 2.75) is 25.0 Å². The van der Waals surface area contributed by atoms with Gasteiger partial charge in [-0.3, -0.25) is 14.2 Å². The highest BCUT2D eigenvalue weighted by Gasteiger charge is 2.18. The molecular weight excluding hydrogens is 430 g/mol. The van der Waals surface area contributed by atoms with Crippen LogP contribution in [-0.4, -0.2) is 35.4 Å². The quantitative estimate of drug-likeness (QED) is 0.314. The molecule has 1 N–H and O–H groups in total. The molecule has 0 aliphatic heterocycles. The van der Waals surface area contributed by atoms with E-state index in [1.165, 1.54) is 18.9 Å². The standard InChI is InChI=1S/C23H23N3O5S/c1-4-11-26-22(28)21-20(15-7-5-6-8-17(15)31-21)25-23(26)32-13-19(27)24-16-10-9-14(29-2)12-18(16)30-3/h5-10,12H,4,11,13H2,1-3H3,(H,24,27). The maximum absolute atomic E-state index is 13.1. The van der Waals surface area contributed by atoms with Crippen LogP contribution in [0.5, 0.6) is 11.5 Å². The lowest BCUT2D eigenvalue weighted by molar-refractivity contribution is -0.113. The number of anilines is 1. The highest BCUT2D eigenvalue weighted by atomic mass is 32.2. The predicted octanol–water partition coefficient (Wildman–Crippen LogP) is 4.30. The number of hydrogen-bond acceptors (Lipinski definition) is 7. The second kappa shape index (κ2) is 9.35. The van der Waals surface area contributed by atoms with Crippen LogP contribution in [0.25, 0.3) is 22.1 Å². The van der Waals surface area contributed by atoms with Crippen molar-refractivity contribution in [3.8, 4) is 11.5 Å². The van der Waals surface area contributed by atoms with E-state index in [-0.39, 0.29) is 22.8 Å². The fourth-order valence-electron chi connectivity index (χ4n) is 3.40. The second-order valence-corrected chi connectivity index (χ2v) is 7.97. The lowest BCUT2D eigenvalue weighted by Gasteiger charge is -2.13. The number of ether oxygens (including phenoxy) is 2. The molecule has 0 fully saturated rings. The van der Waals surface area contributed by atoms with Gasteiger partial charge in [-0.15, -0.1) is 0 Å². The summed E-state index contributed by atoms with van der Waals surface area (Å²) in [5, 5.41) is 4.09. The SMILES string of the molecule is CCCn1c(SCC(=O)Nc2ccc(OC)cc2OC)nc2c(oc3ccccc32)c1=O. The Morgan fingerprint density at radius 1 is 1.19 bits per heavy atom. The number of nitrogens with one attached hydrogen (secondary N) is 1. The molecular formula is C23H23N3O5S. The fraction of sp³-hybridized carbons (Fsp3) is 0.261. The van der Waals surface area contributed by atoms with Gasteiger partial charge in [0, 0.05) is 18.0 Å². The molecule has 2 heterocycles. The first-order chi connectivity index (χ1) is 15.5. The van der Waals surface area contributed by atoms with Gasteiger partial charge in [0.2, 0.25) is 11.5 Å². The van der Waals surface area contributed by atoms with Gasteiger partial charge in [-0.25, -0.2) is 4.98 Å². The normalized spacial score (nSPS) is 11.1. The molecule has 0 atom stereocenters. The molecule has 4 rings (SSSR count). The van der Waals surface area contributed by atoms with E-state index in [1.54, 1.807) is 29.9 Å². The summed E-state index contributed by atoms with van der Waals surface area (Å²) in [4.78, 5) is 30.4. The molecule has 0 aliphatic carbocycles. The molecule has 1 amide bonds. The number of para-hydroxylation sites is 1. The average molecular weight is 454 g/mol. The van der Waals surface area contributed by atoms with E-state index in [4.69, 9.17) is 13.9 Å². The van der Waals surface area contributed by atoms with Crippen LogP contribution in [0, 0.1) is 0 Å². The number of nitrogens with zero attached hydrogens (tertiary/aromatic N) is 2. The molecule has 166 valence electrons. The lowest BCUT2D eigenvalue weighted by atomic mass is 10.2. The van der Waals surface area contributed by atoms with Gasteiger partial charge in [0.1, 0.15) is 22.6 Å². The Balaban J connectivity index is 1.61. The summed E-state index contributed by atoms with van der Waals surface area (Å²) in [5.41, 5.74) is 1.65. The summed E-state index contributed by atoms with van der Waals surface area (Å²) in [6.07, 6.45) is 0.746. The van der Waals surface area contributed by atoms with Crippen molar-refractivity contribution in [1.29, 1.82) is 0 Å². The number of fused-ring (bicyclic) bond motifs is 3. The van der Waals surface area contributed by atoms with Crippen LogP contribution in [0.2, 0.25) is 0 Å². The largest absolute Gasteiger partial charge is 0.497 e. The molecule has 8 nitrogen and oxygen atoms in total. The van der Waals surface area contributed by atoms with Gasteiger partial charge in [0.15, 0.2) is 5.16 Å². The molecule has 32 heavy (non-hydrogen) atoms. The van der Waals surface area contributed by atoms with Crippen molar-refractivity contribution >= 4 is 45.4 Å². The van der Waals surface area contributed by atoms with Gasteiger partial charge in [-0.2, -0.15) is 0 Å². The highest BCUT2D eigenvalue weighted by molar-refractivity contribution is 7.99. The van der Waals surface area contributed by atoms with Crippen molar-refractivity contribution in [3.05, 3.63) is 52.8 Å². The Labute approximate surface area is 188 Å². The summed E-state index contributed by atoms with van der Waals surface area (Å²) in [7, 11) is 3.09. The molecule has 0 spiro atoms. The minimum absolute atomic E-state index is 0.0760. The van der Waals surface area contributed by atoms with Gasteiger partial charge in [0.05, 0.1) is 25.7 Å². The number of furan rings is 1. The van der Waals surface area contributed by atoms with E-state index < -0.39 is 0 Å². The van der Waals surface area contributed by atoms with E-state index in [0.29, 0.717) is 40.0 Å². The first-order valence-electron chi connectivity index (χ1n) is 10.1. The zero-order chi connectivity index (χ0) is 22.7. The molecule has 0 bridgehead atoms. The van der Waals surface area contributed by atoms with Gasteiger partial charge >= 0.3 is 0 Å². The third kappa shape index (κ3) is 4.16. The van der Waals surface area contributed by atoms with E-state index in [1.807, 2.05) is 31.2 Å². The first-order valence-corrected chi connectivity index (χ1v) is 11.1. The van der Waals surface area contributed by atoms with Crippen molar-refractivity contribution in [3.63, 3.8) is 0 Å². The Kier molecular flexibility index (Phi) is 6.36. The molecule has 2 aromatic carbocycles. The second-order valence-electron chi connectivity index (χ2n) is 7.03. The van der Waals surface area contributed by atoms with Gasteiger partial charge in [-0.05, 0) is 30.7 Å². The molecule has 0 saturated carbocycles. The maximum atomic E-state index is 13.1.